The Balaban J connectivity index is 1.60. The van der Waals surface area contributed by atoms with Crippen LogP contribution in [0, 0.1) is 6.92 Å². The lowest BCUT2D eigenvalue weighted by Crippen LogP contribution is -2.65. The number of nitrogens with zero attached hydrogens (tertiary/aromatic N) is 2. The first-order valence-corrected chi connectivity index (χ1v) is 15.3. The van der Waals surface area contributed by atoms with Gasteiger partial charge >= 0.3 is 18.2 Å². The molecular formula is C33H40Cl2N2O7. The number of carboxylic acids is 1. The number of rotatable bonds is 6. The maximum absolute atomic E-state index is 13.4. The van der Waals surface area contributed by atoms with Crippen LogP contribution < -0.4 is 4.74 Å². The highest BCUT2D eigenvalue weighted by Crippen LogP contribution is 2.40. The second kappa shape index (κ2) is 12.9. The third-order valence-corrected chi connectivity index (χ3v) is 7.78. The number of carboxylic acid groups (broad SMARTS) is 1. The zero-order valence-electron chi connectivity index (χ0n) is 26.2. The molecule has 2 bridgehead atoms. The molecule has 1 fully saturated rings. The molecule has 0 radical (unpaired) electrons. The molecule has 0 aromatic heterocycles. The monoisotopic (exact) mass is 646 g/mol. The Morgan fingerprint density at radius 2 is 1.48 bits per heavy atom. The van der Waals surface area contributed by atoms with E-state index >= 15 is 0 Å². The number of aliphatic carboxylic acids is 1. The SMILES string of the molecule is Cc1cc(Cl)c(OCCc2ccc(C3=C(C(=O)O)C4CN(C(=O)OC(C)(C)C)CC(C3)N4C(=O)OC(C)(C)C)cc2)c(Cl)c1. The van der Waals surface area contributed by atoms with Crippen LogP contribution in [0.2, 0.25) is 10.0 Å². The van der Waals surface area contributed by atoms with Gasteiger partial charge in [0.05, 0.1) is 34.3 Å². The van der Waals surface area contributed by atoms with Gasteiger partial charge in [-0.3, -0.25) is 4.90 Å². The molecule has 1 saturated heterocycles. The number of hydrogen-bond acceptors (Lipinski definition) is 6. The van der Waals surface area contributed by atoms with Crippen molar-refractivity contribution in [2.24, 2.45) is 0 Å². The number of piperazine rings is 1. The summed E-state index contributed by atoms with van der Waals surface area (Å²) < 4.78 is 17.1. The van der Waals surface area contributed by atoms with Crippen molar-refractivity contribution in [3.05, 3.63) is 68.7 Å². The van der Waals surface area contributed by atoms with Gasteiger partial charge < -0.3 is 24.2 Å². The first-order chi connectivity index (χ1) is 20.4. The summed E-state index contributed by atoms with van der Waals surface area (Å²) in [6, 6.07) is 9.76. The van der Waals surface area contributed by atoms with Crippen LogP contribution in [-0.2, 0) is 20.7 Å². The van der Waals surface area contributed by atoms with E-state index in [1.54, 1.807) is 53.7 Å². The molecule has 238 valence electrons. The second-order valence-corrected chi connectivity index (χ2v) is 14.0. The highest BCUT2D eigenvalue weighted by Gasteiger charge is 2.49. The van der Waals surface area contributed by atoms with E-state index in [9.17, 15) is 19.5 Å². The summed E-state index contributed by atoms with van der Waals surface area (Å²) in [4.78, 5) is 42.2. The van der Waals surface area contributed by atoms with Crippen molar-refractivity contribution in [2.75, 3.05) is 19.7 Å². The molecule has 2 heterocycles. The van der Waals surface area contributed by atoms with Crippen LogP contribution in [0.1, 0.15) is 64.7 Å². The third kappa shape index (κ3) is 7.99. The van der Waals surface area contributed by atoms with E-state index in [4.69, 9.17) is 37.4 Å². The molecular weight excluding hydrogens is 607 g/mol. The van der Waals surface area contributed by atoms with Gasteiger partial charge in [0.2, 0.25) is 0 Å². The van der Waals surface area contributed by atoms with Crippen LogP contribution in [0.15, 0.2) is 42.0 Å². The van der Waals surface area contributed by atoms with Gasteiger partial charge in [-0.15, -0.1) is 0 Å². The lowest BCUT2D eigenvalue weighted by Gasteiger charge is -2.50. The Kier molecular flexibility index (Phi) is 9.81. The molecule has 0 aliphatic carbocycles. The third-order valence-electron chi connectivity index (χ3n) is 7.22. The van der Waals surface area contributed by atoms with E-state index < -0.39 is 41.4 Å². The van der Waals surface area contributed by atoms with Crippen LogP contribution in [0.3, 0.4) is 0 Å². The van der Waals surface area contributed by atoms with Crippen LogP contribution in [0.25, 0.3) is 5.57 Å². The normalized spacial score (nSPS) is 18.7. The Hall–Kier alpha value is -3.43. The fourth-order valence-electron chi connectivity index (χ4n) is 5.49. The first-order valence-electron chi connectivity index (χ1n) is 14.6. The fourth-order valence-corrected chi connectivity index (χ4v) is 6.19. The number of carbonyl (C=O) groups excluding carboxylic acids is 2. The Bertz CT molecular complexity index is 1430. The van der Waals surface area contributed by atoms with Gasteiger partial charge in [0.1, 0.15) is 11.2 Å². The summed E-state index contributed by atoms with van der Waals surface area (Å²) in [5.74, 6) is -0.720. The van der Waals surface area contributed by atoms with Crippen LogP contribution in [-0.4, -0.2) is 76.0 Å². The number of carbonyl (C=O) groups is 3. The van der Waals surface area contributed by atoms with Crippen molar-refractivity contribution in [3.63, 3.8) is 0 Å². The maximum Gasteiger partial charge on any atom is 0.411 e. The molecule has 2 unspecified atom stereocenters. The minimum atomic E-state index is -1.16. The Labute approximate surface area is 268 Å². The quantitative estimate of drug-likeness (QED) is 0.349. The molecule has 2 aliphatic rings. The van der Waals surface area contributed by atoms with E-state index in [1.807, 2.05) is 31.2 Å². The molecule has 9 nitrogen and oxygen atoms in total. The summed E-state index contributed by atoms with van der Waals surface area (Å²) >= 11 is 12.6. The highest BCUT2D eigenvalue weighted by atomic mass is 35.5. The van der Waals surface area contributed by atoms with Crippen molar-refractivity contribution in [1.82, 2.24) is 9.80 Å². The number of amides is 2. The molecule has 4 rings (SSSR count). The smallest absolute Gasteiger partial charge is 0.411 e. The summed E-state index contributed by atoms with van der Waals surface area (Å²) in [6.45, 7) is 13.0. The number of hydrogen-bond donors (Lipinski definition) is 1. The molecule has 2 aliphatic heterocycles. The van der Waals surface area contributed by atoms with Gasteiger partial charge in [-0.25, -0.2) is 14.4 Å². The standard InChI is InChI=1S/C33H40Cl2N2O7/c1-19-14-24(34)28(25(35)15-19)42-13-12-20-8-10-21(11-9-20)23-16-22-17-36(30(40)43-32(2,3)4)18-26(27(23)29(38)39)37(22)31(41)44-33(5,6)7/h8-11,14-15,22,26H,12-13,16-18H2,1-7H3,(H,38,39). The number of ether oxygens (including phenoxy) is 3. The number of fused-ring (bicyclic) bond motifs is 2. The van der Waals surface area contributed by atoms with Crippen LogP contribution in [0.4, 0.5) is 9.59 Å². The molecule has 0 saturated carbocycles. The van der Waals surface area contributed by atoms with Gasteiger partial charge in [0.25, 0.3) is 0 Å². The van der Waals surface area contributed by atoms with E-state index in [-0.39, 0.29) is 25.1 Å². The molecule has 1 N–H and O–H groups in total. The van der Waals surface area contributed by atoms with E-state index in [0.717, 1.165) is 16.7 Å². The molecule has 2 atom stereocenters. The molecule has 2 aromatic rings. The first kappa shape index (κ1) is 33.5. The van der Waals surface area contributed by atoms with Crippen LogP contribution >= 0.6 is 23.2 Å². The summed E-state index contributed by atoms with van der Waals surface area (Å²) in [6.07, 6.45) is -0.361. The number of aryl methyl sites for hydroxylation is 1. The molecule has 2 aromatic carbocycles. The predicted molar refractivity (Wildman–Crippen MR) is 169 cm³/mol. The van der Waals surface area contributed by atoms with Crippen molar-refractivity contribution < 1.29 is 33.7 Å². The predicted octanol–water partition coefficient (Wildman–Crippen LogP) is 7.39. The maximum atomic E-state index is 13.4. The zero-order valence-corrected chi connectivity index (χ0v) is 27.7. The largest absolute Gasteiger partial charge is 0.490 e. The van der Waals surface area contributed by atoms with Gasteiger partial charge in [-0.2, -0.15) is 0 Å². The van der Waals surface area contributed by atoms with E-state index in [1.165, 1.54) is 9.80 Å². The molecule has 2 amide bonds. The van der Waals surface area contributed by atoms with E-state index in [2.05, 4.69) is 0 Å². The minimum absolute atomic E-state index is 0.0324. The van der Waals surface area contributed by atoms with Crippen molar-refractivity contribution >= 4 is 46.9 Å². The molecule has 0 spiro atoms. The van der Waals surface area contributed by atoms with Gasteiger partial charge in [0.15, 0.2) is 5.75 Å². The molecule has 11 heteroatoms. The lowest BCUT2D eigenvalue weighted by molar-refractivity contribution is -0.134. The average molecular weight is 648 g/mol. The Morgan fingerprint density at radius 3 is 2.02 bits per heavy atom. The van der Waals surface area contributed by atoms with E-state index in [0.29, 0.717) is 34.4 Å². The Morgan fingerprint density at radius 1 is 0.909 bits per heavy atom. The van der Waals surface area contributed by atoms with Gasteiger partial charge in [-0.1, -0.05) is 47.5 Å². The highest BCUT2D eigenvalue weighted by molar-refractivity contribution is 6.37. The average Bonchev–Trinajstić information content (AvgIpc) is 2.87. The fraction of sp³-hybridized carbons (Fsp3) is 0.485. The second-order valence-electron chi connectivity index (χ2n) is 13.2. The summed E-state index contributed by atoms with van der Waals surface area (Å²) in [7, 11) is 0. The van der Waals surface area contributed by atoms with Crippen molar-refractivity contribution in [2.45, 2.75) is 84.6 Å². The lowest BCUT2D eigenvalue weighted by atomic mass is 9.82. The van der Waals surface area contributed by atoms with Crippen LogP contribution in [0.5, 0.6) is 5.75 Å². The number of benzene rings is 2. The minimum Gasteiger partial charge on any atom is -0.490 e. The number of halogens is 2. The topological polar surface area (TPSA) is 106 Å². The van der Waals surface area contributed by atoms with Crippen molar-refractivity contribution in [3.8, 4) is 5.75 Å². The summed E-state index contributed by atoms with van der Waals surface area (Å²) in [5.41, 5.74) is 1.83. The summed E-state index contributed by atoms with van der Waals surface area (Å²) in [5, 5.41) is 11.4. The van der Waals surface area contributed by atoms with Gasteiger partial charge in [0, 0.05) is 19.5 Å². The zero-order chi connectivity index (χ0) is 32.6. The van der Waals surface area contributed by atoms with Crippen molar-refractivity contribution in [1.29, 1.82) is 0 Å². The molecule has 44 heavy (non-hydrogen) atoms. The van der Waals surface area contributed by atoms with Gasteiger partial charge in [-0.05, 0) is 89.3 Å².